The third kappa shape index (κ3) is 2.66. The molecular weight excluding hydrogens is 264 g/mol. The van der Waals surface area contributed by atoms with E-state index in [0.29, 0.717) is 24.7 Å². The van der Waals surface area contributed by atoms with Gasteiger partial charge in [0.05, 0.1) is 11.4 Å². The largest absolute Gasteiger partial charge is 0.324 e. The summed E-state index contributed by atoms with van der Waals surface area (Å²) in [6.45, 7) is 2.94. The van der Waals surface area contributed by atoms with E-state index in [0.717, 1.165) is 5.56 Å². The first-order valence-electron chi connectivity index (χ1n) is 5.90. The standard InChI is InChI=1S/C12H16N4O2S/c1-3-16-11(8-13)14-15-12(16)9-5-4-6-10(7-9)19(2,17)18/h4-7H,3,8,13H2,1-2H3. The van der Waals surface area contributed by atoms with Crippen molar-refractivity contribution >= 4 is 9.84 Å². The van der Waals surface area contributed by atoms with Gasteiger partial charge in [-0.15, -0.1) is 10.2 Å². The third-order valence-corrected chi connectivity index (χ3v) is 3.96. The number of hydrogen-bond acceptors (Lipinski definition) is 5. The minimum Gasteiger partial charge on any atom is -0.324 e. The van der Waals surface area contributed by atoms with Crippen LogP contribution in [0.4, 0.5) is 0 Å². The van der Waals surface area contributed by atoms with Crippen LogP contribution in [0.2, 0.25) is 0 Å². The highest BCUT2D eigenvalue weighted by Gasteiger charge is 2.14. The maximum Gasteiger partial charge on any atom is 0.175 e. The van der Waals surface area contributed by atoms with Gasteiger partial charge in [-0.25, -0.2) is 8.42 Å². The Hall–Kier alpha value is -1.73. The summed E-state index contributed by atoms with van der Waals surface area (Å²) in [4.78, 5) is 0.268. The molecule has 0 radical (unpaired) electrons. The monoisotopic (exact) mass is 280 g/mol. The molecular formula is C12H16N4O2S. The van der Waals surface area contributed by atoms with Crippen molar-refractivity contribution in [2.24, 2.45) is 5.73 Å². The smallest absolute Gasteiger partial charge is 0.175 e. The molecule has 1 heterocycles. The van der Waals surface area contributed by atoms with E-state index in [1.54, 1.807) is 18.2 Å². The Morgan fingerprint density at radius 2 is 2.05 bits per heavy atom. The molecule has 0 atom stereocenters. The predicted octanol–water partition coefficient (Wildman–Crippen LogP) is 0.827. The highest BCUT2D eigenvalue weighted by atomic mass is 32.2. The van der Waals surface area contributed by atoms with Crippen molar-refractivity contribution in [3.63, 3.8) is 0 Å². The van der Waals surface area contributed by atoms with Crippen LogP contribution in [0.5, 0.6) is 0 Å². The highest BCUT2D eigenvalue weighted by Crippen LogP contribution is 2.21. The first-order chi connectivity index (χ1) is 8.97. The van der Waals surface area contributed by atoms with Crippen LogP contribution in [0, 0.1) is 0 Å². The van der Waals surface area contributed by atoms with E-state index in [2.05, 4.69) is 10.2 Å². The molecule has 2 N–H and O–H groups in total. The number of aromatic nitrogens is 3. The fraction of sp³-hybridized carbons (Fsp3) is 0.333. The van der Waals surface area contributed by atoms with Crippen LogP contribution in [0.25, 0.3) is 11.4 Å². The molecule has 0 saturated carbocycles. The number of hydrogen-bond donors (Lipinski definition) is 1. The molecule has 0 saturated heterocycles. The summed E-state index contributed by atoms with van der Waals surface area (Å²) in [7, 11) is -3.23. The minimum absolute atomic E-state index is 0.268. The van der Waals surface area contributed by atoms with Gasteiger partial charge in [0.2, 0.25) is 0 Å². The second-order valence-electron chi connectivity index (χ2n) is 4.19. The van der Waals surface area contributed by atoms with Crippen molar-refractivity contribution < 1.29 is 8.42 Å². The lowest BCUT2D eigenvalue weighted by Gasteiger charge is -2.07. The number of nitrogens with two attached hydrogens (primary N) is 1. The molecule has 0 bridgehead atoms. The molecule has 0 aliphatic carbocycles. The second kappa shape index (κ2) is 5.10. The molecule has 0 fully saturated rings. The van der Waals surface area contributed by atoms with Crippen LogP contribution in [0.3, 0.4) is 0 Å². The summed E-state index contributed by atoms with van der Waals surface area (Å²) in [5.41, 5.74) is 6.32. The van der Waals surface area contributed by atoms with Gasteiger partial charge >= 0.3 is 0 Å². The van der Waals surface area contributed by atoms with Crippen molar-refractivity contribution in [3.8, 4) is 11.4 Å². The van der Waals surface area contributed by atoms with Crippen LogP contribution in [-0.2, 0) is 22.9 Å². The van der Waals surface area contributed by atoms with E-state index < -0.39 is 9.84 Å². The first-order valence-corrected chi connectivity index (χ1v) is 7.79. The van der Waals surface area contributed by atoms with Crippen molar-refractivity contribution in [1.82, 2.24) is 14.8 Å². The fourth-order valence-electron chi connectivity index (χ4n) is 1.90. The Morgan fingerprint density at radius 3 is 2.63 bits per heavy atom. The molecule has 1 aromatic carbocycles. The summed E-state index contributed by atoms with van der Waals surface area (Å²) in [5.74, 6) is 1.32. The predicted molar refractivity (Wildman–Crippen MR) is 72.1 cm³/mol. The van der Waals surface area contributed by atoms with Crippen LogP contribution < -0.4 is 5.73 Å². The van der Waals surface area contributed by atoms with E-state index >= 15 is 0 Å². The molecule has 2 rings (SSSR count). The van der Waals surface area contributed by atoms with Crippen LogP contribution >= 0.6 is 0 Å². The molecule has 0 aliphatic rings. The topological polar surface area (TPSA) is 90.9 Å². The summed E-state index contributed by atoms with van der Waals surface area (Å²) < 4.78 is 25.0. The van der Waals surface area contributed by atoms with Gasteiger partial charge in [0.25, 0.3) is 0 Å². The molecule has 0 amide bonds. The van der Waals surface area contributed by atoms with Crippen LogP contribution in [0.15, 0.2) is 29.2 Å². The Bertz CT molecular complexity index is 692. The van der Waals surface area contributed by atoms with Crippen LogP contribution in [0.1, 0.15) is 12.7 Å². The van der Waals surface area contributed by atoms with Gasteiger partial charge in [-0.2, -0.15) is 0 Å². The van der Waals surface area contributed by atoms with E-state index in [9.17, 15) is 8.42 Å². The molecule has 7 heteroatoms. The molecule has 0 aliphatic heterocycles. The summed E-state index contributed by atoms with van der Waals surface area (Å²) >= 11 is 0. The van der Waals surface area contributed by atoms with Crippen molar-refractivity contribution in [2.45, 2.75) is 24.9 Å². The zero-order chi connectivity index (χ0) is 14.0. The third-order valence-electron chi connectivity index (χ3n) is 2.85. The van der Waals surface area contributed by atoms with Gasteiger partial charge in [0.15, 0.2) is 15.7 Å². The maximum atomic E-state index is 11.6. The maximum absolute atomic E-state index is 11.6. The summed E-state index contributed by atoms with van der Waals surface area (Å²) in [5, 5.41) is 8.10. The van der Waals surface area contributed by atoms with E-state index in [1.807, 2.05) is 17.6 Å². The zero-order valence-electron chi connectivity index (χ0n) is 10.9. The van der Waals surface area contributed by atoms with Gasteiger partial charge in [0, 0.05) is 18.4 Å². The molecule has 0 unspecified atom stereocenters. The Morgan fingerprint density at radius 1 is 1.32 bits per heavy atom. The van der Waals surface area contributed by atoms with Gasteiger partial charge in [-0.1, -0.05) is 12.1 Å². The molecule has 1 aromatic heterocycles. The molecule has 102 valence electrons. The lowest BCUT2D eigenvalue weighted by molar-refractivity contribution is 0.602. The van der Waals surface area contributed by atoms with E-state index in [4.69, 9.17) is 5.73 Å². The van der Waals surface area contributed by atoms with E-state index in [1.165, 1.54) is 6.26 Å². The van der Waals surface area contributed by atoms with Gasteiger partial charge < -0.3 is 10.3 Å². The Labute approximate surface area is 112 Å². The number of benzene rings is 1. The van der Waals surface area contributed by atoms with Gasteiger partial charge in [0.1, 0.15) is 5.82 Å². The molecule has 19 heavy (non-hydrogen) atoms. The van der Waals surface area contributed by atoms with Crippen molar-refractivity contribution in [3.05, 3.63) is 30.1 Å². The summed E-state index contributed by atoms with van der Waals surface area (Å²) in [6, 6.07) is 6.68. The molecule has 2 aromatic rings. The molecule has 6 nitrogen and oxygen atoms in total. The number of nitrogens with zero attached hydrogens (tertiary/aromatic N) is 3. The average Bonchev–Trinajstić information content (AvgIpc) is 2.80. The lowest BCUT2D eigenvalue weighted by atomic mass is 10.2. The minimum atomic E-state index is -3.23. The summed E-state index contributed by atoms with van der Waals surface area (Å²) in [6.07, 6.45) is 1.18. The number of rotatable bonds is 4. The zero-order valence-corrected chi connectivity index (χ0v) is 11.7. The quantitative estimate of drug-likeness (QED) is 0.895. The van der Waals surface area contributed by atoms with E-state index in [-0.39, 0.29) is 4.90 Å². The average molecular weight is 280 g/mol. The first kappa shape index (κ1) is 13.7. The second-order valence-corrected chi connectivity index (χ2v) is 6.20. The van der Waals surface area contributed by atoms with Crippen molar-refractivity contribution in [1.29, 1.82) is 0 Å². The van der Waals surface area contributed by atoms with Crippen molar-refractivity contribution in [2.75, 3.05) is 6.26 Å². The lowest BCUT2D eigenvalue weighted by Crippen LogP contribution is -2.08. The Kier molecular flexibility index (Phi) is 3.68. The fourth-order valence-corrected chi connectivity index (χ4v) is 2.56. The SMILES string of the molecule is CCn1c(CN)nnc1-c1cccc(S(C)(=O)=O)c1. The van der Waals surface area contributed by atoms with Gasteiger partial charge in [-0.3, -0.25) is 0 Å². The molecule has 0 spiro atoms. The Balaban J connectivity index is 2.57. The number of sulfone groups is 1. The highest BCUT2D eigenvalue weighted by molar-refractivity contribution is 7.90. The van der Waals surface area contributed by atoms with Gasteiger partial charge in [-0.05, 0) is 19.1 Å². The normalized spacial score (nSPS) is 11.7. The van der Waals surface area contributed by atoms with Crippen LogP contribution in [-0.4, -0.2) is 29.4 Å².